The van der Waals surface area contributed by atoms with Crippen molar-refractivity contribution in [2.45, 2.75) is 5.88 Å². The summed E-state index contributed by atoms with van der Waals surface area (Å²) >= 11 is 8.87. The van der Waals surface area contributed by atoms with Gasteiger partial charge in [-0.2, -0.15) is 0 Å². The number of imidazole rings is 1. The van der Waals surface area contributed by atoms with Crippen molar-refractivity contribution >= 4 is 27.5 Å². The van der Waals surface area contributed by atoms with Gasteiger partial charge >= 0.3 is 0 Å². The zero-order valence-electron chi connectivity index (χ0n) is 4.93. The Bertz CT molecular complexity index is 209. The number of aryl methyl sites for hydroxylation is 1. The summed E-state index contributed by atoms with van der Waals surface area (Å²) < 4.78 is 2.83. The molecule has 50 valence electrons. The van der Waals surface area contributed by atoms with Gasteiger partial charge in [-0.3, -0.25) is 0 Å². The van der Waals surface area contributed by atoms with Gasteiger partial charge in [-0.1, -0.05) is 0 Å². The van der Waals surface area contributed by atoms with Crippen molar-refractivity contribution in [2.75, 3.05) is 0 Å². The van der Waals surface area contributed by atoms with Gasteiger partial charge in [-0.15, -0.1) is 11.6 Å². The highest BCUT2D eigenvalue weighted by Crippen LogP contribution is 2.15. The summed E-state index contributed by atoms with van der Waals surface area (Å²) in [6.07, 6.45) is 1.72. The minimum absolute atomic E-state index is 0.460. The van der Waals surface area contributed by atoms with Gasteiger partial charge < -0.3 is 4.57 Å². The predicted molar refractivity (Wildman–Crippen MR) is 40.5 cm³/mol. The summed E-state index contributed by atoms with van der Waals surface area (Å²) in [6.45, 7) is 0. The van der Waals surface area contributed by atoms with Crippen molar-refractivity contribution < 1.29 is 0 Å². The highest BCUT2D eigenvalue weighted by atomic mass is 79.9. The van der Waals surface area contributed by atoms with Gasteiger partial charge in [0.05, 0.1) is 17.9 Å². The van der Waals surface area contributed by atoms with Crippen molar-refractivity contribution in [1.29, 1.82) is 0 Å². The van der Waals surface area contributed by atoms with Gasteiger partial charge in [-0.05, 0) is 15.9 Å². The first kappa shape index (κ1) is 7.09. The van der Waals surface area contributed by atoms with Crippen molar-refractivity contribution in [3.8, 4) is 0 Å². The van der Waals surface area contributed by atoms with Crippen molar-refractivity contribution in [2.24, 2.45) is 7.05 Å². The van der Waals surface area contributed by atoms with E-state index in [0.29, 0.717) is 5.88 Å². The average molecular weight is 209 g/mol. The van der Waals surface area contributed by atoms with Crippen LogP contribution in [0.5, 0.6) is 0 Å². The molecule has 0 aliphatic carbocycles. The summed E-state index contributed by atoms with van der Waals surface area (Å²) in [5.74, 6) is 0.460. The molecule has 0 saturated carbocycles. The Morgan fingerprint density at radius 3 is 2.78 bits per heavy atom. The molecule has 0 saturated heterocycles. The van der Waals surface area contributed by atoms with Crippen LogP contribution in [0.4, 0.5) is 0 Å². The molecule has 0 unspecified atom stereocenters. The third-order valence-electron chi connectivity index (χ3n) is 1.06. The maximum absolute atomic E-state index is 5.54. The smallest absolute Gasteiger partial charge is 0.109 e. The van der Waals surface area contributed by atoms with Gasteiger partial charge in [0.25, 0.3) is 0 Å². The summed E-state index contributed by atoms with van der Waals surface area (Å²) in [5.41, 5.74) is 0.888. The lowest BCUT2D eigenvalue weighted by atomic mass is 10.6. The van der Waals surface area contributed by atoms with Crippen LogP contribution in [0.25, 0.3) is 0 Å². The number of hydrogen-bond donors (Lipinski definition) is 0. The first-order chi connectivity index (χ1) is 4.25. The van der Waals surface area contributed by atoms with Gasteiger partial charge in [-0.25, -0.2) is 4.98 Å². The molecule has 9 heavy (non-hydrogen) atoms. The van der Waals surface area contributed by atoms with Gasteiger partial charge in [0.1, 0.15) is 4.60 Å². The van der Waals surface area contributed by atoms with Crippen LogP contribution >= 0.6 is 27.5 Å². The molecule has 0 aromatic carbocycles. The van der Waals surface area contributed by atoms with Gasteiger partial charge in [0.15, 0.2) is 0 Å². The highest BCUT2D eigenvalue weighted by Gasteiger charge is 2.01. The Morgan fingerprint density at radius 1 is 1.89 bits per heavy atom. The second-order valence-corrected chi connectivity index (χ2v) is 2.75. The van der Waals surface area contributed by atoms with E-state index in [1.54, 1.807) is 6.33 Å². The molecule has 1 heterocycles. The third-order valence-corrected chi connectivity index (χ3v) is 2.33. The second kappa shape index (κ2) is 2.71. The van der Waals surface area contributed by atoms with E-state index in [1.165, 1.54) is 0 Å². The lowest BCUT2D eigenvalue weighted by Gasteiger charge is -1.90. The minimum atomic E-state index is 0.460. The Hall–Kier alpha value is -0.0200. The van der Waals surface area contributed by atoms with Crippen LogP contribution in [-0.4, -0.2) is 9.55 Å². The largest absolute Gasteiger partial charge is 0.328 e. The van der Waals surface area contributed by atoms with Crippen LogP contribution in [-0.2, 0) is 12.9 Å². The third kappa shape index (κ3) is 1.27. The van der Waals surface area contributed by atoms with E-state index >= 15 is 0 Å². The fourth-order valence-corrected chi connectivity index (χ4v) is 1.24. The number of nitrogens with zero attached hydrogens (tertiary/aromatic N) is 2. The molecule has 1 aromatic rings. The van der Waals surface area contributed by atoms with E-state index in [9.17, 15) is 0 Å². The summed E-state index contributed by atoms with van der Waals surface area (Å²) in [6, 6.07) is 0. The van der Waals surface area contributed by atoms with Crippen LogP contribution < -0.4 is 0 Å². The standard InChI is InChI=1S/C5H6BrClN2/c1-9-3-8-4(2-7)5(9)6/h3H,2H2,1H3. The van der Waals surface area contributed by atoms with E-state index in [-0.39, 0.29) is 0 Å². The van der Waals surface area contributed by atoms with Crippen LogP contribution in [0.1, 0.15) is 5.69 Å². The maximum Gasteiger partial charge on any atom is 0.109 e. The maximum atomic E-state index is 5.54. The van der Waals surface area contributed by atoms with Gasteiger partial charge in [0, 0.05) is 7.05 Å². The Kier molecular flexibility index (Phi) is 2.13. The van der Waals surface area contributed by atoms with Crippen molar-refractivity contribution in [3.63, 3.8) is 0 Å². The summed E-state index contributed by atoms with van der Waals surface area (Å²) in [5, 5.41) is 0. The van der Waals surface area contributed by atoms with E-state index in [4.69, 9.17) is 11.6 Å². The zero-order chi connectivity index (χ0) is 6.85. The second-order valence-electron chi connectivity index (χ2n) is 1.73. The average Bonchev–Trinajstić information content (AvgIpc) is 2.15. The molecule has 0 N–H and O–H groups in total. The number of halogens is 2. The quantitative estimate of drug-likeness (QED) is 0.646. The molecule has 0 bridgehead atoms. The molecule has 0 atom stereocenters. The molecule has 0 spiro atoms. The van der Waals surface area contributed by atoms with Crippen LogP contribution in [0.3, 0.4) is 0 Å². The number of alkyl halides is 1. The molecule has 0 amide bonds. The Labute approximate surface area is 67.0 Å². The molecule has 0 fully saturated rings. The summed E-state index contributed by atoms with van der Waals surface area (Å²) in [7, 11) is 1.91. The normalized spacial score (nSPS) is 10.1. The molecule has 0 aliphatic heterocycles. The Balaban J connectivity index is 3.04. The highest BCUT2D eigenvalue weighted by molar-refractivity contribution is 9.10. The van der Waals surface area contributed by atoms with E-state index < -0.39 is 0 Å². The molecule has 0 radical (unpaired) electrons. The zero-order valence-corrected chi connectivity index (χ0v) is 7.28. The molecular formula is C5H6BrClN2. The lowest BCUT2D eigenvalue weighted by molar-refractivity contribution is 0.889. The molecule has 4 heteroatoms. The van der Waals surface area contributed by atoms with Crippen LogP contribution in [0, 0.1) is 0 Å². The molecule has 2 nitrogen and oxygen atoms in total. The fraction of sp³-hybridized carbons (Fsp3) is 0.400. The topological polar surface area (TPSA) is 17.8 Å². The summed E-state index contributed by atoms with van der Waals surface area (Å²) in [4.78, 5) is 4.02. The van der Waals surface area contributed by atoms with Crippen LogP contribution in [0.2, 0.25) is 0 Å². The van der Waals surface area contributed by atoms with Crippen LogP contribution in [0.15, 0.2) is 10.9 Å². The molecule has 1 aromatic heterocycles. The van der Waals surface area contributed by atoms with E-state index in [1.807, 2.05) is 11.6 Å². The van der Waals surface area contributed by atoms with E-state index in [2.05, 4.69) is 20.9 Å². The number of aromatic nitrogens is 2. The SMILES string of the molecule is Cn1cnc(CCl)c1Br. The number of hydrogen-bond acceptors (Lipinski definition) is 1. The lowest BCUT2D eigenvalue weighted by Crippen LogP contribution is -1.84. The first-order valence-electron chi connectivity index (χ1n) is 2.47. The molecular weight excluding hydrogens is 203 g/mol. The molecule has 1 rings (SSSR count). The first-order valence-corrected chi connectivity index (χ1v) is 3.80. The Morgan fingerprint density at radius 2 is 2.56 bits per heavy atom. The monoisotopic (exact) mass is 208 g/mol. The van der Waals surface area contributed by atoms with Gasteiger partial charge in [0.2, 0.25) is 0 Å². The fourth-order valence-electron chi connectivity index (χ4n) is 0.553. The van der Waals surface area contributed by atoms with Crippen molar-refractivity contribution in [1.82, 2.24) is 9.55 Å². The number of rotatable bonds is 1. The minimum Gasteiger partial charge on any atom is -0.328 e. The van der Waals surface area contributed by atoms with Crippen molar-refractivity contribution in [3.05, 3.63) is 16.6 Å². The molecule has 0 aliphatic rings. The predicted octanol–water partition coefficient (Wildman–Crippen LogP) is 1.92. The van der Waals surface area contributed by atoms with E-state index in [0.717, 1.165) is 10.3 Å².